The second kappa shape index (κ2) is 7.00. The van der Waals surface area contributed by atoms with Gasteiger partial charge >= 0.3 is 14.6 Å². The molecule has 6 heteroatoms. The molecule has 4 nitrogen and oxygen atoms in total. The van der Waals surface area contributed by atoms with Crippen molar-refractivity contribution < 1.29 is 23.2 Å². The van der Waals surface area contributed by atoms with Crippen molar-refractivity contribution >= 4 is 14.6 Å². The van der Waals surface area contributed by atoms with Gasteiger partial charge in [-0.15, -0.1) is 0 Å². The Hall–Kier alpha value is -0.463. The van der Waals surface area contributed by atoms with Crippen molar-refractivity contribution in [2.24, 2.45) is 0 Å². The molecule has 0 aromatic rings. The van der Waals surface area contributed by atoms with Crippen LogP contribution in [0.5, 0.6) is 0 Å². The predicted molar refractivity (Wildman–Crippen MR) is 79.5 cm³/mol. The van der Waals surface area contributed by atoms with Crippen LogP contribution in [0.1, 0.15) is 54.9 Å². The van der Waals surface area contributed by atoms with E-state index in [0.29, 0.717) is 0 Å². The highest BCUT2D eigenvalue weighted by Gasteiger charge is 2.58. The van der Waals surface area contributed by atoms with Gasteiger partial charge in [0.2, 0.25) is 0 Å². The molecule has 120 valence electrons. The van der Waals surface area contributed by atoms with E-state index in [9.17, 15) is 4.79 Å². The first-order valence-electron chi connectivity index (χ1n) is 6.96. The zero-order chi connectivity index (χ0) is 16.2. The molecular formula is C14H29FO4Si. The quantitative estimate of drug-likeness (QED) is 0.464. The molecule has 0 aliphatic heterocycles. The number of ether oxygens (including phenoxy) is 1. The van der Waals surface area contributed by atoms with E-state index in [1.54, 1.807) is 0 Å². The van der Waals surface area contributed by atoms with Crippen molar-refractivity contribution in [3.05, 3.63) is 0 Å². The average molecular weight is 308 g/mol. The van der Waals surface area contributed by atoms with Gasteiger partial charge in [0.25, 0.3) is 0 Å². The maximum Gasteiger partial charge on any atom is 0.394 e. The highest BCUT2D eigenvalue weighted by atomic mass is 28.4. The van der Waals surface area contributed by atoms with Crippen LogP contribution in [-0.4, -0.2) is 39.0 Å². The standard InChI is InChI=1S/C14H29FO4Si/c1-11(17)18-10-12(8-9-16)19-20(15,13(2,3)4)14(5,6)7/h12,16H,8-10H2,1-7H3. The molecule has 1 atom stereocenters. The first kappa shape index (κ1) is 19.5. The van der Waals surface area contributed by atoms with Crippen molar-refractivity contribution in [3.8, 4) is 0 Å². The molecule has 0 saturated heterocycles. The molecule has 0 rings (SSSR count). The van der Waals surface area contributed by atoms with E-state index in [4.69, 9.17) is 14.3 Å². The number of carbonyl (C=O) groups excluding carboxylic acids is 1. The Morgan fingerprint density at radius 2 is 1.65 bits per heavy atom. The summed E-state index contributed by atoms with van der Waals surface area (Å²) in [4.78, 5) is 10.9. The second-order valence-corrected chi connectivity index (χ2v) is 11.6. The molecule has 20 heavy (non-hydrogen) atoms. The number of hydrogen-bond acceptors (Lipinski definition) is 4. The molecular weight excluding hydrogens is 279 g/mol. The Balaban J connectivity index is 5.14. The molecule has 0 aromatic heterocycles. The first-order valence-corrected chi connectivity index (χ1v) is 8.74. The second-order valence-electron chi connectivity index (χ2n) is 7.15. The smallest absolute Gasteiger partial charge is 0.394 e. The third-order valence-corrected chi connectivity index (χ3v) is 7.70. The van der Waals surface area contributed by atoms with Gasteiger partial charge in [-0.25, -0.2) is 0 Å². The Bertz CT molecular complexity index is 306. The van der Waals surface area contributed by atoms with E-state index in [2.05, 4.69) is 0 Å². The average Bonchev–Trinajstić information content (AvgIpc) is 2.22. The van der Waals surface area contributed by atoms with Crippen LogP contribution < -0.4 is 0 Å². The number of halogens is 1. The summed E-state index contributed by atoms with van der Waals surface area (Å²) in [7, 11) is -3.63. The molecule has 0 bridgehead atoms. The summed E-state index contributed by atoms with van der Waals surface area (Å²) in [6.45, 7) is 12.1. The van der Waals surface area contributed by atoms with E-state index in [-0.39, 0.29) is 19.6 Å². The van der Waals surface area contributed by atoms with Crippen LogP contribution in [0.15, 0.2) is 0 Å². The van der Waals surface area contributed by atoms with E-state index in [0.717, 1.165) is 0 Å². The molecule has 1 N–H and O–H groups in total. The Morgan fingerprint density at radius 1 is 1.20 bits per heavy atom. The minimum Gasteiger partial charge on any atom is -0.463 e. The number of aliphatic hydroxyl groups excluding tert-OH is 1. The summed E-state index contributed by atoms with van der Waals surface area (Å²) in [5, 5.41) is 7.85. The zero-order valence-electron chi connectivity index (χ0n) is 13.7. The van der Waals surface area contributed by atoms with Gasteiger partial charge in [-0.05, 0) is 6.42 Å². The Labute approximate surface area is 123 Å². The van der Waals surface area contributed by atoms with E-state index >= 15 is 4.11 Å². The fraction of sp³-hybridized carbons (Fsp3) is 0.929. The molecule has 0 spiro atoms. The summed E-state index contributed by atoms with van der Waals surface area (Å²) in [6, 6.07) is 0. The largest absolute Gasteiger partial charge is 0.463 e. The van der Waals surface area contributed by atoms with Gasteiger partial charge in [-0.1, -0.05) is 41.5 Å². The molecule has 0 fully saturated rings. The third kappa shape index (κ3) is 5.14. The van der Waals surface area contributed by atoms with Crippen LogP contribution >= 0.6 is 0 Å². The maximum atomic E-state index is 15.6. The van der Waals surface area contributed by atoms with Gasteiger partial charge < -0.3 is 14.3 Å². The third-order valence-electron chi connectivity index (χ3n) is 3.18. The number of esters is 1. The van der Waals surface area contributed by atoms with Crippen molar-refractivity contribution in [2.75, 3.05) is 13.2 Å². The molecule has 0 aliphatic rings. The van der Waals surface area contributed by atoms with Crippen LogP contribution in [0, 0.1) is 0 Å². The van der Waals surface area contributed by atoms with Crippen LogP contribution in [0.25, 0.3) is 0 Å². The topological polar surface area (TPSA) is 55.8 Å². The van der Waals surface area contributed by atoms with E-state index < -0.39 is 30.8 Å². The maximum absolute atomic E-state index is 15.6. The van der Waals surface area contributed by atoms with Crippen LogP contribution in [0.2, 0.25) is 10.1 Å². The summed E-state index contributed by atoms with van der Waals surface area (Å²) in [5.41, 5.74) is 0. The van der Waals surface area contributed by atoms with E-state index in [1.165, 1.54) is 6.92 Å². The van der Waals surface area contributed by atoms with Crippen molar-refractivity contribution in [1.82, 2.24) is 0 Å². The fourth-order valence-corrected chi connectivity index (χ4v) is 5.84. The zero-order valence-corrected chi connectivity index (χ0v) is 14.7. The predicted octanol–water partition coefficient (Wildman–Crippen LogP) is 3.33. The fourth-order valence-electron chi connectivity index (χ4n) is 2.24. The molecule has 1 unspecified atom stereocenters. The van der Waals surface area contributed by atoms with Crippen LogP contribution in [-0.2, 0) is 14.0 Å². The normalized spacial score (nSPS) is 15.1. The summed E-state index contributed by atoms with van der Waals surface area (Å²) < 4.78 is 26.3. The van der Waals surface area contributed by atoms with Gasteiger partial charge in [-0.2, -0.15) is 0 Å². The van der Waals surface area contributed by atoms with Gasteiger partial charge in [-0.3, -0.25) is 8.90 Å². The monoisotopic (exact) mass is 308 g/mol. The highest BCUT2D eigenvalue weighted by molar-refractivity contribution is 6.72. The van der Waals surface area contributed by atoms with Crippen LogP contribution in [0.3, 0.4) is 0 Å². The lowest BCUT2D eigenvalue weighted by molar-refractivity contribution is -0.144. The van der Waals surface area contributed by atoms with Crippen molar-refractivity contribution in [3.63, 3.8) is 0 Å². The number of hydrogen-bond donors (Lipinski definition) is 1. The van der Waals surface area contributed by atoms with Gasteiger partial charge in [0.15, 0.2) is 0 Å². The lowest BCUT2D eigenvalue weighted by atomic mass is 10.2. The number of rotatable bonds is 6. The van der Waals surface area contributed by atoms with Crippen molar-refractivity contribution in [2.45, 2.75) is 71.1 Å². The molecule has 0 heterocycles. The number of aliphatic hydroxyl groups is 1. The molecule has 0 amide bonds. The molecule has 0 saturated carbocycles. The van der Waals surface area contributed by atoms with Gasteiger partial charge in [0.05, 0.1) is 6.10 Å². The van der Waals surface area contributed by atoms with E-state index in [1.807, 2.05) is 41.5 Å². The SMILES string of the molecule is CC(=O)OCC(CCO)O[Si](F)(C(C)(C)C)C(C)(C)C. The van der Waals surface area contributed by atoms with Gasteiger partial charge in [0.1, 0.15) is 6.61 Å². The van der Waals surface area contributed by atoms with Gasteiger partial charge in [0, 0.05) is 23.6 Å². The lowest BCUT2D eigenvalue weighted by Crippen LogP contribution is -2.53. The summed E-state index contributed by atoms with van der Waals surface area (Å²) in [5.74, 6) is -0.436. The molecule has 0 aromatic carbocycles. The Morgan fingerprint density at radius 3 is 1.95 bits per heavy atom. The highest BCUT2D eigenvalue weighted by Crippen LogP contribution is 2.53. The Kier molecular flexibility index (Phi) is 6.84. The van der Waals surface area contributed by atoms with Crippen LogP contribution in [0.4, 0.5) is 4.11 Å². The molecule has 0 radical (unpaired) electrons. The lowest BCUT2D eigenvalue weighted by Gasteiger charge is -2.45. The minimum atomic E-state index is -3.63. The first-order chi connectivity index (χ1) is 8.85. The minimum absolute atomic E-state index is 0.0271. The summed E-state index contributed by atoms with van der Waals surface area (Å²) in [6.07, 6.45) is -0.364. The number of carbonyl (C=O) groups is 1. The van der Waals surface area contributed by atoms with Crippen molar-refractivity contribution in [1.29, 1.82) is 0 Å². The molecule has 0 aliphatic carbocycles. The summed E-state index contributed by atoms with van der Waals surface area (Å²) >= 11 is 0.